The van der Waals surface area contributed by atoms with Crippen LogP contribution in [0.3, 0.4) is 0 Å². The number of methoxy groups -OCH3 is 2. The van der Waals surface area contributed by atoms with Crippen molar-refractivity contribution < 1.29 is 23.0 Å². The standard InChI is InChI=1S/C11H13F2NO3/c1-16-10-6(3-7(12)5-8(10)13)4-9(14)11(15)17-2/h3,5,9H,4,14H2,1-2H3/t9-/m0/s1. The van der Waals surface area contributed by atoms with Crippen LogP contribution in [0.25, 0.3) is 0 Å². The highest BCUT2D eigenvalue weighted by Gasteiger charge is 2.19. The minimum Gasteiger partial charge on any atom is -0.493 e. The molecular formula is C11H13F2NO3. The highest BCUT2D eigenvalue weighted by atomic mass is 19.1. The quantitative estimate of drug-likeness (QED) is 0.804. The Bertz CT molecular complexity index is 423. The van der Waals surface area contributed by atoms with Crippen LogP contribution in [-0.4, -0.2) is 26.2 Å². The van der Waals surface area contributed by atoms with E-state index in [9.17, 15) is 13.6 Å². The molecule has 0 aliphatic carbocycles. The van der Waals surface area contributed by atoms with Crippen molar-refractivity contribution in [1.29, 1.82) is 0 Å². The van der Waals surface area contributed by atoms with Crippen LogP contribution >= 0.6 is 0 Å². The average molecular weight is 245 g/mol. The normalized spacial score (nSPS) is 12.1. The third-order valence-corrected chi connectivity index (χ3v) is 2.23. The van der Waals surface area contributed by atoms with E-state index in [-0.39, 0.29) is 17.7 Å². The van der Waals surface area contributed by atoms with E-state index < -0.39 is 23.6 Å². The third kappa shape index (κ3) is 3.13. The van der Waals surface area contributed by atoms with Crippen molar-refractivity contribution in [2.24, 2.45) is 5.73 Å². The van der Waals surface area contributed by atoms with E-state index in [1.54, 1.807) is 0 Å². The average Bonchev–Trinajstić information content (AvgIpc) is 2.27. The summed E-state index contributed by atoms with van der Waals surface area (Å²) in [6, 6.07) is 0.784. The first-order valence-electron chi connectivity index (χ1n) is 4.85. The lowest BCUT2D eigenvalue weighted by Gasteiger charge is -2.13. The lowest BCUT2D eigenvalue weighted by atomic mass is 10.0. The first-order valence-corrected chi connectivity index (χ1v) is 4.85. The Hall–Kier alpha value is -1.69. The van der Waals surface area contributed by atoms with Gasteiger partial charge in [-0.05, 0) is 6.07 Å². The van der Waals surface area contributed by atoms with Gasteiger partial charge < -0.3 is 15.2 Å². The number of halogens is 2. The van der Waals surface area contributed by atoms with Crippen LogP contribution in [0.2, 0.25) is 0 Å². The fourth-order valence-electron chi connectivity index (χ4n) is 1.47. The number of hydrogen-bond acceptors (Lipinski definition) is 4. The van der Waals surface area contributed by atoms with Crippen molar-refractivity contribution in [2.45, 2.75) is 12.5 Å². The van der Waals surface area contributed by atoms with Gasteiger partial charge in [-0.15, -0.1) is 0 Å². The van der Waals surface area contributed by atoms with Crippen LogP contribution in [0, 0.1) is 11.6 Å². The molecule has 17 heavy (non-hydrogen) atoms. The molecule has 0 bridgehead atoms. The first kappa shape index (κ1) is 13.4. The molecule has 4 nitrogen and oxygen atoms in total. The molecular weight excluding hydrogens is 232 g/mol. The number of benzene rings is 1. The Kier molecular flexibility index (Phi) is 4.39. The van der Waals surface area contributed by atoms with Crippen LogP contribution in [-0.2, 0) is 16.0 Å². The van der Waals surface area contributed by atoms with Gasteiger partial charge in [-0.25, -0.2) is 8.78 Å². The number of carbonyl (C=O) groups excluding carboxylic acids is 1. The topological polar surface area (TPSA) is 61.5 Å². The van der Waals surface area contributed by atoms with Gasteiger partial charge in [0, 0.05) is 18.1 Å². The van der Waals surface area contributed by atoms with E-state index >= 15 is 0 Å². The van der Waals surface area contributed by atoms with Gasteiger partial charge in [0.15, 0.2) is 11.6 Å². The summed E-state index contributed by atoms with van der Waals surface area (Å²) in [5.74, 6) is -2.36. The molecule has 2 N–H and O–H groups in total. The molecule has 0 aromatic heterocycles. The summed E-state index contributed by atoms with van der Waals surface area (Å²) in [6.07, 6.45) is -0.0650. The number of carbonyl (C=O) groups is 1. The molecule has 1 atom stereocenters. The fraction of sp³-hybridized carbons (Fsp3) is 0.364. The van der Waals surface area contributed by atoms with E-state index in [2.05, 4.69) is 4.74 Å². The van der Waals surface area contributed by atoms with E-state index in [1.165, 1.54) is 14.2 Å². The number of hydrogen-bond donors (Lipinski definition) is 1. The minimum absolute atomic E-state index is 0.0650. The molecule has 1 rings (SSSR count). The second-order valence-corrected chi connectivity index (χ2v) is 3.41. The van der Waals surface area contributed by atoms with Gasteiger partial charge in [-0.3, -0.25) is 4.79 Å². The molecule has 0 unspecified atom stereocenters. The largest absolute Gasteiger partial charge is 0.493 e. The summed E-state index contributed by atoms with van der Waals surface area (Å²) in [5, 5.41) is 0. The van der Waals surface area contributed by atoms with Crippen LogP contribution in [0.15, 0.2) is 12.1 Å². The van der Waals surface area contributed by atoms with Gasteiger partial charge in [-0.2, -0.15) is 0 Å². The highest BCUT2D eigenvalue weighted by Crippen LogP contribution is 2.25. The summed E-state index contributed by atoms with van der Waals surface area (Å²) in [7, 11) is 2.44. The first-order chi connectivity index (χ1) is 7.99. The van der Waals surface area contributed by atoms with Crippen molar-refractivity contribution >= 4 is 5.97 Å². The molecule has 1 aromatic carbocycles. The summed E-state index contributed by atoms with van der Waals surface area (Å²) in [4.78, 5) is 11.1. The summed E-state index contributed by atoms with van der Waals surface area (Å²) in [6.45, 7) is 0. The Balaban J connectivity index is 3.01. The molecule has 0 spiro atoms. The molecule has 0 saturated heterocycles. The Morgan fingerprint density at radius 3 is 2.59 bits per heavy atom. The molecule has 0 radical (unpaired) electrons. The zero-order valence-electron chi connectivity index (χ0n) is 9.50. The zero-order valence-corrected chi connectivity index (χ0v) is 9.50. The predicted octanol–water partition coefficient (Wildman–Crippen LogP) is 1.02. The van der Waals surface area contributed by atoms with Crippen molar-refractivity contribution in [3.63, 3.8) is 0 Å². The number of rotatable bonds is 4. The van der Waals surface area contributed by atoms with Crippen LogP contribution in [0.1, 0.15) is 5.56 Å². The smallest absolute Gasteiger partial charge is 0.322 e. The highest BCUT2D eigenvalue weighted by molar-refractivity contribution is 5.75. The maximum Gasteiger partial charge on any atom is 0.322 e. The number of esters is 1. The molecule has 94 valence electrons. The van der Waals surface area contributed by atoms with E-state index in [0.717, 1.165) is 6.07 Å². The van der Waals surface area contributed by atoms with Gasteiger partial charge in [-0.1, -0.05) is 0 Å². The van der Waals surface area contributed by atoms with Gasteiger partial charge in [0.2, 0.25) is 0 Å². The lowest BCUT2D eigenvalue weighted by molar-refractivity contribution is -0.142. The summed E-state index contributed by atoms with van der Waals surface area (Å²) >= 11 is 0. The monoisotopic (exact) mass is 245 g/mol. The van der Waals surface area contributed by atoms with Crippen LogP contribution in [0.4, 0.5) is 8.78 Å². The summed E-state index contributed by atoms with van der Waals surface area (Å²) in [5.41, 5.74) is 5.69. The zero-order chi connectivity index (χ0) is 13.0. The molecule has 0 aliphatic heterocycles. The number of ether oxygens (including phenoxy) is 2. The molecule has 6 heteroatoms. The van der Waals surface area contributed by atoms with E-state index in [1.807, 2.05) is 0 Å². The maximum atomic E-state index is 13.3. The second kappa shape index (κ2) is 5.58. The minimum atomic E-state index is -0.991. The van der Waals surface area contributed by atoms with Crippen molar-refractivity contribution in [1.82, 2.24) is 0 Å². The second-order valence-electron chi connectivity index (χ2n) is 3.41. The number of nitrogens with two attached hydrogens (primary N) is 1. The molecule has 0 aliphatic rings. The van der Waals surface area contributed by atoms with Gasteiger partial charge in [0.1, 0.15) is 11.9 Å². The molecule has 0 amide bonds. The van der Waals surface area contributed by atoms with Crippen LogP contribution in [0.5, 0.6) is 5.75 Å². The third-order valence-electron chi connectivity index (χ3n) is 2.23. The van der Waals surface area contributed by atoms with Crippen molar-refractivity contribution in [3.05, 3.63) is 29.3 Å². The van der Waals surface area contributed by atoms with E-state index in [4.69, 9.17) is 10.5 Å². The Morgan fingerprint density at radius 2 is 2.06 bits per heavy atom. The van der Waals surface area contributed by atoms with Gasteiger partial charge >= 0.3 is 5.97 Å². The van der Waals surface area contributed by atoms with Crippen molar-refractivity contribution in [2.75, 3.05) is 14.2 Å². The maximum absolute atomic E-state index is 13.3. The predicted molar refractivity (Wildman–Crippen MR) is 56.6 cm³/mol. The van der Waals surface area contributed by atoms with Crippen molar-refractivity contribution in [3.8, 4) is 5.75 Å². The van der Waals surface area contributed by atoms with Gasteiger partial charge in [0.05, 0.1) is 14.2 Å². The molecule has 0 saturated carbocycles. The lowest BCUT2D eigenvalue weighted by Crippen LogP contribution is -2.33. The SMILES string of the molecule is COC(=O)[C@@H](N)Cc1cc(F)cc(F)c1OC. The molecule has 0 heterocycles. The molecule has 1 aromatic rings. The molecule has 0 fully saturated rings. The Morgan fingerprint density at radius 1 is 1.41 bits per heavy atom. The van der Waals surface area contributed by atoms with Gasteiger partial charge in [0.25, 0.3) is 0 Å². The summed E-state index contributed by atoms with van der Waals surface area (Å²) < 4.78 is 35.6. The van der Waals surface area contributed by atoms with Crippen LogP contribution < -0.4 is 10.5 Å². The van der Waals surface area contributed by atoms with E-state index in [0.29, 0.717) is 6.07 Å². The Labute approximate surface area is 97.3 Å². The fourth-order valence-corrected chi connectivity index (χ4v) is 1.47.